The van der Waals surface area contributed by atoms with E-state index in [0.29, 0.717) is 22.9 Å². The zero-order valence-corrected chi connectivity index (χ0v) is 10.2. The lowest BCUT2D eigenvalue weighted by Gasteiger charge is -1.98. The van der Waals surface area contributed by atoms with Crippen molar-refractivity contribution < 1.29 is 14.3 Å². The Morgan fingerprint density at radius 2 is 2.32 bits per heavy atom. The molecule has 0 amide bonds. The van der Waals surface area contributed by atoms with E-state index in [-0.39, 0.29) is 11.1 Å². The molecular weight excluding hydrogens is 247 g/mol. The predicted molar refractivity (Wildman–Crippen MR) is 68.9 cm³/mol. The number of nitrogens with zero attached hydrogens (tertiary/aromatic N) is 1. The number of carboxylic acids is 1. The van der Waals surface area contributed by atoms with Crippen molar-refractivity contribution >= 4 is 22.9 Å². The summed E-state index contributed by atoms with van der Waals surface area (Å²) in [6.07, 6.45) is 3.48. The molecule has 0 spiro atoms. The minimum absolute atomic E-state index is 0.0428. The van der Waals surface area contributed by atoms with Crippen LogP contribution in [0.4, 0.5) is 4.39 Å². The molecule has 1 heterocycles. The van der Waals surface area contributed by atoms with E-state index in [0.717, 1.165) is 0 Å². The van der Waals surface area contributed by atoms with Gasteiger partial charge in [-0.25, -0.2) is 9.18 Å². The van der Waals surface area contributed by atoms with Gasteiger partial charge in [0.15, 0.2) is 0 Å². The number of hydrogen-bond acceptors (Lipinski definition) is 2. The molecular formula is C14H11FN2O2. The van der Waals surface area contributed by atoms with Gasteiger partial charge in [0.2, 0.25) is 0 Å². The summed E-state index contributed by atoms with van der Waals surface area (Å²) in [5.41, 5.74) is 1.40. The summed E-state index contributed by atoms with van der Waals surface area (Å²) in [7, 11) is 0. The number of nitriles is 1. The highest BCUT2D eigenvalue weighted by Gasteiger charge is 2.10. The number of carboxylic acid groups (broad SMARTS) is 1. The lowest BCUT2D eigenvalue weighted by atomic mass is 10.1. The van der Waals surface area contributed by atoms with Crippen molar-refractivity contribution in [3.63, 3.8) is 0 Å². The van der Waals surface area contributed by atoms with Crippen molar-refractivity contribution in [2.45, 2.75) is 13.3 Å². The van der Waals surface area contributed by atoms with E-state index >= 15 is 0 Å². The van der Waals surface area contributed by atoms with Crippen LogP contribution in [-0.2, 0) is 4.79 Å². The molecule has 0 atom stereocenters. The number of aromatic nitrogens is 1. The molecule has 0 saturated heterocycles. The number of benzene rings is 1. The standard InChI is InChI=1S/C14H11FN2O2/c1-2-8(14(18)19)3-10-7-17-13-4-9(6-16)12(15)5-11(10)13/h3-5,7,17H,2H2,1H3,(H,18,19). The Hall–Kier alpha value is -2.61. The number of rotatable bonds is 3. The number of hydrogen-bond donors (Lipinski definition) is 2. The lowest BCUT2D eigenvalue weighted by Crippen LogP contribution is -1.98. The van der Waals surface area contributed by atoms with Gasteiger partial charge in [0.1, 0.15) is 11.9 Å². The molecule has 5 heteroatoms. The zero-order valence-electron chi connectivity index (χ0n) is 10.2. The fourth-order valence-electron chi connectivity index (χ4n) is 1.87. The Bertz CT molecular complexity index is 723. The molecule has 0 radical (unpaired) electrons. The monoisotopic (exact) mass is 258 g/mol. The third-order valence-electron chi connectivity index (χ3n) is 2.91. The Labute approximate surface area is 108 Å². The molecule has 0 bridgehead atoms. The van der Waals surface area contributed by atoms with E-state index in [9.17, 15) is 9.18 Å². The second kappa shape index (κ2) is 4.94. The number of carbonyl (C=O) groups is 1. The van der Waals surface area contributed by atoms with Gasteiger partial charge in [-0.15, -0.1) is 0 Å². The number of nitrogens with one attached hydrogen (secondary N) is 1. The van der Waals surface area contributed by atoms with Gasteiger partial charge >= 0.3 is 5.97 Å². The summed E-state index contributed by atoms with van der Waals surface area (Å²) in [6, 6.07) is 4.41. The molecule has 2 aromatic rings. The van der Waals surface area contributed by atoms with Crippen LogP contribution in [-0.4, -0.2) is 16.1 Å². The maximum absolute atomic E-state index is 13.6. The molecule has 0 unspecified atom stereocenters. The highest BCUT2D eigenvalue weighted by molar-refractivity contribution is 5.97. The molecule has 2 rings (SSSR count). The van der Waals surface area contributed by atoms with Crippen LogP contribution in [0.5, 0.6) is 0 Å². The lowest BCUT2D eigenvalue weighted by molar-refractivity contribution is -0.132. The first-order chi connectivity index (χ1) is 9.06. The van der Waals surface area contributed by atoms with Crippen molar-refractivity contribution in [1.82, 2.24) is 4.98 Å². The highest BCUT2D eigenvalue weighted by atomic mass is 19.1. The first-order valence-electron chi connectivity index (χ1n) is 5.71. The van der Waals surface area contributed by atoms with Crippen LogP contribution in [0.1, 0.15) is 24.5 Å². The largest absolute Gasteiger partial charge is 0.478 e. The smallest absolute Gasteiger partial charge is 0.331 e. The van der Waals surface area contributed by atoms with E-state index in [4.69, 9.17) is 10.4 Å². The van der Waals surface area contributed by atoms with Gasteiger partial charge < -0.3 is 10.1 Å². The van der Waals surface area contributed by atoms with Crippen LogP contribution in [0.2, 0.25) is 0 Å². The minimum Gasteiger partial charge on any atom is -0.478 e. The summed E-state index contributed by atoms with van der Waals surface area (Å²) < 4.78 is 13.6. The first-order valence-corrected chi connectivity index (χ1v) is 5.71. The van der Waals surface area contributed by atoms with Crippen LogP contribution in [0.25, 0.3) is 17.0 Å². The SMILES string of the molecule is CCC(=Cc1c[nH]c2cc(C#N)c(F)cc12)C(=O)O. The third-order valence-corrected chi connectivity index (χ3v) is 2.91. The van der Waals surface area contributed by atoms with Gasteiger partial charge in [-0.05, 0) is 24.6 Å². The molecule has 1 aromatic heterocycles. The van der Waals surface area contributed by atoms with Gasteiger partial charge in [-0.2, -0.15) is 5.26 Å². The Morgan fingerprint density at radius 3 is 2.89 bits per heavy atom. The van der Waals surface area contributed by atoms with Crippen LogP contribution in [0.3, 0.4) is 0 Å². The van der Waals surface area contributed by atoms with Crippen molar-refractivity contribution in [3.8, 4) is 6.07 Å². The molecule has 1 aromatic carbocycles. The summed E-state index contributed by atoms with van der Waals surface area (Å²) in [4.78, 5) is 13.9. The van der Waals surface area contributed by atoms with Gasteiger partial charge in [0.25, 0.3) is 0 Å². The predicted octanol–water partition coefficient (Wildman–Crippen LogP) is 3.06. The van der Waals surface area contributed by atoms with Crippen LogP contribution < -0.4 is 0 Å². The Kier molecular flexibility index (Phi) is 3.34. The molecule has 0 fully saturated rings. The molecule has 19 heavy (non-hydrogen) atoms. The molecule has 2 N–H and O–H groups in total. The molecule has 0 aliphatic rings. The minimum atomic E-state index is -0.994. The number of aliphatic carboxylic acids is 1. The number of aromatic amines is 1. The number of halogens is 1. The summed E-state index contributed by atoms with van der Waals surface area (Å²) in [6.45, 7) is 1.74. The summed E-state index contributed by atoms with van der Waals surface area (Å²) in [5, 5.41) is 18.3. The average Bonchev–Trinajstić information content (AvgIpc) is 2.76. The first kappa shape index (κ1) is 12.8. The topological polar surface area (TPSA) is 76.9 Å². The van der Waals surface area contributed by atoms with Gasteiger partial charge in [0, 0.05) is 28.2 Å². The van der Waals surface area contributed by atoms with Crippen molar-refractivity contribution in [3.05, 3.63) is 40.8 Å². The van der Waals surface area contributed by atoms with Gasteiger partial charge in [-0.1, -0.05) is 6.92 Å². The zero-order chi connectivity index (χ0) is 14.0. The van der Waals surface area contributed by atoms with Crippen LogP contribution >= 0.6 is 0 Å². The molecule has 4 nitrogen and oxygen atoms in total. The third kappa shape index (κ3) is 2.33. The maximum atomic E-state index is 13.6. The Balaban J connectivity index is 2.61. The van der Waals surface area contributed by atoms with E-state index in [1.54, 1.807) is 19.2 Å². The fraction of sp³-hybridized carbons (Fsp3) is 0.143. The van der Waals surface area contributed by atoms with Crippen molar-refractivity contribution in [2.75, 3.05) is 0 Å². The fourth-order valence-corrected chi connectivity index (χ4v) is 1.87. The van der Waals surface area contributed by atoms with Gasteiger partial charge in [-0.3, -0.25) is 0 Å². The van der Waals surface area contributed by atoms with E-state index in [1.165, 1.54) is 18.2 Å². The summed E-state index contributed by atoms with van der Waals surface area (Å²) in [5.74, 6) is -1.61. The van der Waals surface area contributed by atoms with Gasteiger partial charge in [0.05, 0.1) is 5.56 Å². The molecule has 96 valence electrons. The number of H-pyrrole nitrogens is 1. The molecule has 0 aliphatic heterocycles. The highest BCUT2D eigenvalue weighted by Crippen LogP contribution is 2.24. The average molecular weight is 258 g/mol. The van der Waals surface area contributed by atoms with E-state index in [1.807, 2.05) is 0 Å². The molecule has 0 saturated carbocycles. The number of fused-ring (bicyclic) bond motifs is 1. The normalized spacial score (nSPS) is 11.5. The molecule has 0 aliphatic carbocycles. The maximum Gasteiger partial charge on any atom is 0.331 e. The van der Waals surface area contributed by atoms with Crippen molar-refractivity contribution in [1.29, 1.82) is 5.26 Å². The van der Waals surface area contributed by atoms with Crippen LogP contribution in [0.15, 0.2) is 23.9 Å². The summed E-state index contributed by atoms with van der Waals surface area (Å²) >= 11 is 0. The quantitative estimate of drug-likeness (QED) is 0.830. The Morgan fingerprint density at radius 1 is 1.58 bits per heavy atom. The van der Waals surface area contributed by atoms with Crippen molar-refractivity contribution in [2.24, 2.45) is 0 Å². The second-order valence-corrected chi connectivity index (χ2v) is 4.06. The second-order valence-electron chi connectivity index (χ2n) is 4.06. The van der Waals surface area contributed by atoms with Crippen LogP contribution in [0, 0.1) is 17.1 Å². The van der Waals surface area contributed by atoms with E-state index < -0.39 is 11.8 Å². The van der Waals surface area contributed by atoms with E-state index in [2.05, 4.69) is 4.98 Å².